The van der Waals surface area contributed by atoms with Gasteiger partial charge in [0.2, 0.25) is 0 Å². The van der Waals surface area contributed by atoms with Crippen LogP contribution in [0.4, 0.5) is 16.4 Å². The molecule has 1 unspecified atom stereocenters. The molecule has 0 saturated carbocycles. The van der Waals surface area contributed by atoms with E-state index in [1.165, 1.54) is 0 Å². The molecule has 1 aliphatic heterocycles. The van der Waals surface area contributed by atoms with Gasteiger partial charge in [-0.1, -0.05) is 30.4 Å². The van der Waals surface area contributed by atoms with E-state index >= 15 is 0 Å². The van der Waals surface area contributed by atoms with E-state index in [-0.39, 0.29) is 6.03 Å². The van der Waals surface area contributed by atoms with E-state index in [9.17, 15) is 4.79 Å². The Morgan fingerprint density at radius 2 is 2.19 bits per heavy atom. The number of carbonyl (C=O) groups excluding carboxylic acids is 1. The van der Waals surface area contributed by atoms with Crippen LogP contribution in [0.15, 0.2) is 79.1 Å². The SMILES string of the molecule is C=C(/C=C\C=C(/C)NC(=O)Nc1ccccn1)C1CCCN(c2ncnc3[nH]ccc23)C1. The molecule has 2 amide bonds. The van der Waals surface area contributed by atoms with Crippen LogP contribution in [0.1, 0.15) is 19.8 Å². The van der Waals surface area contributed by atoms with Crippen molar-refractivity contribution in [2.24, 2.45) is 5.92 Å². The van der Waals surface area contributed by atoms with E-state index in [4.69, 9.17) is 0 Å². The third kappa shape index (κ3) is 5.21. The van der Waals surface area contributed by atoms with Gasteiger partial charge < -0.3 is 15.2 Å². The second-order valence-corrected chi connectivity index (χ2v) is 7.80. The fourth-order valence-electron chi connectivity index (χ4n) is 3.84. The number of aromatic nitrogens is 4. The first kappa shape index (κ1) is 21.3. The number of fused-ring (bicyclic) bond motifs is 1. The Morgan fingerprint density at radius 1 is 1.28 bits per heavy atom. The van der Waals surface area contributed by atoms with Gasteiger partial charge in [0, 0.05) is 37.1 Å². The maximum absolute atomic E-state index is 12.0. The zero-order valence-electron chi connectivity index (χ0n) is 18.1. The first-order valence-corrected chi connectivity index (χ1v) is 10.7. The van der Waals surface area contributed by atoms with Gasteiger partial charge in [0.25, 0.3) is 0 Å². The molecule has 3 aromatic heterocycles. The lowest BCUT2D eigenvalue weighted by Gasteiger charge is -2.34. The minimum absolute atomic E-state index is 0.325. The molecule has 0 spiro atoms. The number of hydrogen-bond acceptors (Lipinski definition) is 5. The number of amides is 2. The fourth-order valence-corrected chi connectivity index (χ4v) is 3.84. The maximum Gasteiger partial charge on any atom is 0.324 e. The molecular formula is C24H27N7O. The number of piperidine rings is 1. The molecule has 3 aromatic rings. The van der Waals surface area contributed by atoms with Crippen molar-refractivity contribution < 1.29 is 4.79 Å². The second-order valence-electron chi connectivity index (χ2n) is 7.80. The summed E-state index contributed by atoms with van der Waals surface area (Å²) in [5.41, 5.74) is 2.65. The number of allylic oxidation sites excluding steroid dienone is 4. The fraction of sp³-hybridized carbons (Fsp3) is 0.250. The van der Waals surface area contributed by atoms with E-state index in [2.05, 4.69) is 42.0 Å². The van der Waals surface area contributed by atoms with Crippen molar-refractivity contribution in [1.82, 2.24) is 25.3 Å². The van der Waals surface area contributed by atoms with Crippen molar-refractivity contribution in [2.45, 2.75) is 19.8 Å². The van der Waals surface area contributed by atoms with Crippen LogP contribution in [-0.2, 0) is 0 Å². The average Bonchev–Trinajstić information content (AvgIpc) is 3.28. The lowest BCUT2D eigenvalue weighted by molar-refractivity contribution is 0.254. The van der Waals surface area contributed by atoms with Gasteiger partial charge in [-0.3, -0.25) is 5.32 Å². The Balaban J connectivity index is 1.32. The van der Waals surface area contributed by atoms with E-state index < -0.39 is 0 Å². The molecule has 1 aliphatic rings. The largest absolute Gasteiger partial charge is 0.355 e. The highest BCUT2D eigenvalue weighted by molar-refractivity contribution is 5.89. The second kappa shape index (κ2) is 9.91. The number of carbonyl (C=O) groups is 1. The molecule has 1 atom stereocenters. The summed E-state index contributed by atoms with van der Waals surface area (Å²) in [6.07, 6.45) is 13.1. The van der Waals surface area contributed by atoms with E-state index in [1.54, 1.807) is 24.7 Å². The number of anilines is 2. The number of nitrogens with one attached hydrogen (secondary N) is 3. The summed E-state index contributed by atoms with van der Waals surface area (Å²) in [5.74, 6) is 1.82. The number of nitrogens with zero attached hydrogens (tertiary/aromatic N) is 4. The highest BCUT2D eigenvalue weighted by atomic mass is 16.2. The number of pyridine rings is 1. The number of urea groups is 1. The van der Waals surface area contributed by atoms with E-state index in [0.29, 0.717) is 11.7 Å². The average molecular weight is 430 g/mol. The molecule has 0 aliphatic carbocycles. The number of hydrogen-bond donors (Lipinski definition) is 3. The Hall–Kier alpha value is -3.94. The van der Waals surface area contributed by atoms with Crippen LogP contribution >= 0.6 is 0 Å². The number of aromatic amines is 1. The molecule has 4 heterocycles. The van der Waals surface area contributed by atoms with Crippen LogP contribution in [0.5, 0.6) is 0 Å². The molecule has 3 N–H and O–H groups in total. The molecule has 32 heavy (non-hydrogen) atoms. The van der Waals surface area contributed by atoms with Crippen molar-refractivity contribution in [3.63, 3.8) is 0 Å². The molecule has 8 nitrogen and oxygen atoms in total. The third-order valence-corrected chi connectivity index (χ3v) is 5.45. The van der Waals surface area contributed by atoms with Crippen molar-refractivity contribution >= 4 is 28.7 Å². The molecule has 0 aromatic carbocycles. The predicted octanol–water partition coefficient (Wildman–Crippen LogP) is 4.41. The zero-order valence-corrected chi connectivity index (χ0v) is 18.1. The van der Waals surface area contributed by atoms with Crippen molar-refractivity contribution in [2.75, 3.05) is 23.3 Å². The van der Waals surface area contributed by atoms with Crippen LogP contribution in [0.3, 0.4) is 0 Å². The Kier molecular flexibility index (Phi) is 6.60. The molecular weight excluding hydrogens is 402 g/mol. The summed E-state index contributed by atoms with van der Waals surface area (Å²) >= 11 is 0. The number of rotatable bonds is 6. The first-order valence-electron chi connectivity index (χ1n) is 10.7. The number of H-pyrrole nitrogens is 1. The van der Waals surface area contributed by atoms with Crippen molar-refractivity contribution in [3.8, 4) is 0 Å². The summed E-state index contributed by atoms with van der Waals surface area (Å²) in [5, 5.41) is 6.53. The first-order chi connectivity index (χ1) is 15.6. The lowest BCUT2D eigenvalue weighted by atomic mass is 9.91. The normalized spacial score (nSPS) is 17.0. The lowest BCUT2D eigenvalue weighted by Crippen LogP contribution is -2.36. The van der Waals surface area contributed by atoms with Gasteiger partial charge >= 0.3 is 6.03 Å². The predicted molar refractivity (Wildman–Crippen MR) is 127 cm³/mol. The summed E-state index contributed by atoms with van der Waals surface area (Å²) in [7, 11) is 0. The van der Waals surface area contributed by atoms with Crippen LogP contribution in [0.2, 0.25) is 0 Å². The standard InChI is InChI=1S/C24H27N7O/c1-17(7-5-8-18(2)29-24(32)30-21-10-3-4-12-25-21)19-9-6-14-31(15-19)23-20-11-13-26-22(20)27-16-28-23/h3-5,7-8,10-13,16,19H,1,6,9,14-15H2,2H3,(H,26,27,28)(H2,25,29,30,32)/b7-5-,18-8+. The van der Waals surface area contributed by atoms with Crippen molar-refractivity contribution in [3.05, 3.63) is 79.1 Å². The maximum atomic E-state index is 12.0. The highest BCUT2D eigenvalue weighted by Crippen LogP contribution is 2.29. The van der Waals surface area contributed by atoms with Gasteiger partial charge in [0.05, 0.1) is 5.39 Å². The molecule has 4 rings (SSSR count). The summed E-state index contributed by atoms with van der Waals surface area (Å²) in [6, 6.07) is 7.05. The van der Waals surface area contributed by atoms with Gasteiger partial charge in [-0.25, -0.2) is 19.7 Å². The smallest absolute Gasteiger partial charge is 0.324 e. The minimum Gasteiger partial charge on any atom is -0.355 e. The van der Waals surface area contributed by atoms with Crippen LogP contribution in [0.25, 0.3) is 11.0 Å². The Labute approximate surface area is 187 Å². The monoisotopic (exact) mass is 429 g/mol. The Bertz CT molecular complexity index is 1150. The molecule has 8 heteroatoms. The third-order valence-electron chi connectivity index (χ3n) is 5.45. The van der Waals surface area contributed by atoms with Gasteiger partial charge in [0.15, 0.2) is 0 Å². The van der Waals surface area contributed by atoms with E-state index in [1.807, 2.05) is 43.5 Å². The molecule has 0 radical (unpaired) electrons. The minimum atomic E-state index is -0.325. The summed E-state index contributed by atoms with van der Waals surface area (Å²) in [4.78, 5) is 30.4. The Morgan fingerprint density at radius 3 is 3.03 bits per heavy atom. The molecule has 164 valence electrons. The zero-order chi connectivity index (χ0) is 22.3. The molecule has 0 bridgehead atoms. The van der Waals surface area contributed by atoms with Crippen LogP contribution < -0.4 is 15.5 Å². The van der Waals surface area contributed by atoms with E-state index in [0.717, 1.165) is 54.1 Å². The van der Waals surface area contributed by atoms with Gasteiger partial charge in [-0.2, -0.15) is 0 Å². The van der Waals surface area contributed by atoms with Gasteiger partial charge in [-0.05, 0) is 44.0 Å². The van der Waals surface area contributed by atoms with Gasteiger partial charge in [0.1, 0.15) is 23.6 Å². The summed E-state index contributed by atoms with van der Waals surface area (Å²) in [6.45, 7) is 7.96. The van der Waals surface area contributed by atoms with Crippen molar-refractivity contribution in [1.29, 1.82) is 0 Å². The van der Waals surface area contributed by atoms with Crippen LogP contribution in [0, 0.1) is 5.92 Å². The quantitative estimate of drug-likeness (QED) is 0.504. The molecule has 1 fully saturated rings. The van der Waals surface area contributed by atoms with Gasteiger partial charge in [-0.15, -0.1) is 0 Å². The highest BCUT2D eigenvalue weighted by Gasteiger charge is 2.23. The topological polar surface area (TPSA) is 98.8 Å². The molecule has 1 saturated heterocycles. The van der Waals surface area contributed by atoms with Crippen LogP contribution in [-0.4, -0.2) is 39.1 Å². The summed E-state index contributed by atoms with van der Waals surface area (Å²) < 4.78 is 0.